The Balaban J connectivity index is 2.54. The van der Waals surface area contributed by atoms with E-state index >= 15 is 0 Å². The zero-order valence-corrected chi connectivity index (χ0v) is 10.3. The summed E-state index contributed by atoms with van der Waals surface area (Å²) in [7, 11) is 0. The van der Waals surface area contributed by atoms with Crippen molar-refractivity contribution >= 4 is 0 Å². The first-order valence-electron chi connectivity index (χ1n) is 6.07. The predicted molar refractivity (Wildman–Crippen MR) is 66.5 cm³/mol. The molecule has 100 valence electrons. The van der Waals surface area contributed by atoms with Crippen molar-refractivity contribution in [3.63, 3.8) is 0 Å². The zero-order chi connectivity index (χ0) is 13.5. The van der Waals surface area contributed by atoms with Crippen LogP contribution in [0.15, 0.2) is 24.8 Å². The minimum absolute atomic E-state index is 0.0395. The van der Waals surface area contributed by atoms with Gasteiger partial charge in [-0.1, -0.05) is 25.0 Å². The maximum Gasteiger partial charge on any atom is 0.194 e. The van der Waals surface area contributed by atoms with Crippen molar-refractivity contribution in [2.75, 3.05) is 0 Å². The third kappa shape index (κ3) is 3.88. The summed E-state index contributed by atoms with van der Waals surface area (Å²) in [6, 6.07) is 1.52. The number of benzene rings is 1. The average molecular weight is 257 g/mol. The van der Waals surface area contributed by atoms with E-state index in [0.717, 1.165) is 31.7 Å². The molecule has 0 amide bonds. The molecule has 1 unspecified atom stereocenters. The van der Waals surface area contributed by atoms with Gasteiger partial charge in [-0.05, 0) is 25.3 Å². The van der Waals surface area contributed by atoms with Crippen LogP contribution in [0.1, 0.15) is 43.7 Å². The monoisotopic (exact) mass is 257 g/mol. The van der Waals surface area contributed by atoms with Crippen LogP contribution in [0.3, 0.4) is 0 Å². The second-order valence-electron chi connectivity index (χ2n) is 4.30. The number of allylic oxidation sites excluding steroid dienone is 1. The Morgan fingerprint density at radius 1 is 1.11 bits per heavy atom. The van der Waals surface area contributed by atoms with Crippen LogP contribution < -0.4 is 5.73 Å². The van der Waals surface area contributed by atoms with Crippen LogP contribution in [0.4, 0.5) is 13.2 Å². The van der Waals surface area contributed by atoms with E-state index in [1.807, 2.05) is 6.08 Å². The maximum absolute atomic E-state index is 13.4. The van der Waals surface area contributed by atoms with Crippen molar-refractivity contribution in [3.05, 3.63) is 47.8 Å². The van der Waals surface area contributed by atoms with Gasteiger partial charge >= 0.3 is 0 Å². The summed E-state index contributed by atoms with van der Waals surface area (Å²) >= 11 is 0. The highest BCUT2D eigenvalue weighted by Crippen LogP contribution is 2.23. The standard InChI is InChI=1S/C14H18F3N/c1-2-3-4-5-6-7-12(18)10-8-9-11(15)14(17)13(10)16/h2,8-9,12H,1,3-7,18H2. The Bertz CT molecular complexity index is 404. The summed E-state index contributed by atoms with van der Waals surface area (Å²) in [5, 5.41) is 0. The molecule has 0 radical (unpaired) electrons. The molecule has 18 heavy (non-hydrogen) atoms. The molecule has 0 saturated carbocycles. The van der Waals surface area contributed by atoms with E-state index in [1.165, 1.54) is 6.07 Å². The summed E-state index contributed by atoms with van der Waals surface area (Å²) < 4.78 is 39.2. The number of hydrogen-bond donors (Lipinski definition) is 1. The molecule has 0 heterocycles. The van der Waals surface area contributed by atoms with Gasteiger partial charge in [0.2, 0.25) is 0 Å². The van der Waals surface area contributed by atoms with E-state index < -0.39 is 23.5 Å². The Morgan fingerprint density at radius 3 is 2.50 bits per heavy atom. The normalized spacial score (nSPS) is 12.4. The maximum atomic E-state index is 13.4. The quantitative estimate of drug-likeness (QED) is 0.441. The first kappa shape index (κ1) is 14.8. The van der Waals surface area contributed by atoms with Crippen molar-refractivity contribution < 1.29 is 13.2 Å². The Hall–Kier alpha value is -1.29. The topological polar surface area (TPSA) is 26.0 Å². The third-order valence-corrected chi connectivity index (χ3v) is 2.89. The molecule has 0 spiro atoms. The Kier molecular flexibility index (Phi) is 5.92. The van der Waals surface area contributed by atoms with Crippen LogP contribution in [0.25, 0.3) is 0 Å². The second-order valence-corrected chi connectivity index (χ2v) is 4.30. The molecule has 0 aliphatic heterocycles. The molecule has 0 saturated heterocycles. The van der Waals surface area contributed by atoms with Gasteiger partial charge in [-0.3, -0.25) is 0 Å². The zero-order valence-electron chi connectivity index (χ0n) is 10.3. The first-order valence-corrected chi connectivity index (χ1v) is 6.07. The first-order chi connectivity index (χ1) is 8.57. The molecule has 2 N–H and O–H groups in total. The van der Waals surface area contributed by atoms with Crippen molar-refractivity contribution in [2.24, 2.45) is 5.73 Å². The fourth-order valence-electron chi connectivity index (χ4n) is 1.81. The van der Waals surface area contributed by atoms with Gasteiger partial charge in [-0.2, -0.15) is 0 Å². The predicted octanol–water partition coefficient (Wildman–Crippen LogP) is 4.24. The smallest absolute Gasteiger partial charge is 0.194 e. The van der Waals surface area contributed by atoms with Crippen LogP contribution in [-0.4, -0.2) is 0 Å². The van der Waals surface area contributed by atoms with E-state index in [9.17, 15) is 13.2 Å². The average Bonchev–Trinajstić information content (AvgIpc) is 2.35. The number of unbranched alkanes of at least 4 members (excludes halogenated alkanes) is 3. The molecule has 1 rings (SSSR count). The van der Waals surface area contributed by atoms with Gasteiger partial charge < -0.3 is 5.73 Å². The summed E-state index contributed by atoms with van der Waals surface area (Å²) in [5.41, 5.74) is 5.82. The highest BCUT2D eigenvalue weighted by molar-refractivity contribution is 5.23. The lowest BCUT2D eigenvalue weighted by molar-refractivity contribution is 0.431. The van der Waals surface area contributed by atoms with Crippen molar-refractivity contribution in [2.45, 2.75) is 38.1 Å². The number of halogens is 3. The molecule has 1 aromatic carbocycles. The molecular weight excluding hydrogens is 239 g/mol. The van der Waals surface area contributed by atoms with Gasteiger partial charge in [-0.25, -0.2) is 13.2 Å². The van der Waals surface area contributed by atoms with Gasteiger partial charge in [0.15, 0.2) is 17.5 Å². The van der Waals surface area contributed by atoms with E-state index in [1.54, 1.807) is 0 Å². The van der Waals surface area contributed by atoms with Crippen LogP contribution in [0.2, 0.25) is 0 Å². The fraction of sp³-hybridized carbons (Fsp3) is 0.429. The molecular formula is C14H18F3N. The number of rotatable bonds is 7. The molecule has 0 bridgehead atoms. The van der Waals surface area contributed by atoms with Crippen molar-refractivity contribution in [1.29, 1.82) is 0 Å². The lowest BCUT2D eigenvalue weighted by Gasteiger charge is -2.13. The van der Waals surface area contributed by atoms with Gasteiger partial charge in [-0.15, -0.1) is 6.58 Å². The summed E-state index contributed by atoms with van der Waals surface area (Å²) in [4.78, 5) is 0. The molecule has 0 aliphatic carbocycles. The number of hydrogen-bond acceptors (Lipinski definition) is 1. The Labute approximate surface area is 105 Å². The summed E-state index contributed by atoms with van der Waals surface area (Å²) in [6.45, 7) is 3.62. The highest BCUT2D eigenvalue weighted by atomic mass is 19.2. The lowest BCUT2D eigenvalue weighted by Crippen LogP contribution is -2.13. The molecule has 1 nitrogen and oxygen atoms in total. The van der Waals surface area contributed by atoms with Crippen molar-refractivity contribution in [1.82, 2.24) is 0 Å². The van der Waals surface area contributed by atoms with Crippen LogP contribution in [0, 0.1) is 17.5 Å². The van der Waals surface area contributed by atoms with Gasteiger partial charge in [0, 0.05) is 11.6 Å². The Morgan fingerprint density at radius 2 is 1.83 bits per heavy atom. The summed E-state index contributed by atoms with van der Waals surface area (Å²) in [6.07, 6.45) is 6.14. The van der Waals surface area contributed by atoms with Crippen LogP contribution >= 0.6 is 0 Å². The van der Waals surface area contributed by atoms with Gasteiger partial charge in [0.25, 0.3) is 0 Å². The molecule has 1 atom stereocenters. The van der Waals surface area contributed by atoms with Crippen molar-refractivity contribution in [3.8, 4) is 0 Å². The number of nitrogens with two attached hydrogens (primary N) is 1. The molecule has 0 fully saturated rings. The van der Waals surface area contributed by atoms with Crippen LogP contribution in [0.5, 0.6) is 0 Å². The van der Waals surface area contributed by atoms with E-state index in [-0.39, 0.29) is 5.56 Å². The minimum Gasteiger partial charge on any atom is -0.324 e. The fourth-order valence-corrected chi connectivity index (χ4v) is 1.81. The van der Waals surface area contributed by atoms with E-state index in [2.05, 4.69) is 6.58 Å². The van der Waals surface area contributed by atoms with Gasteiger partial charge in [0.05, 0.1) is 0 Å². The second kappa shape index (κ2) is 7.21. The van der Waals surface area contributed by atoms with E-state index in [0.29, 0.717) is 6.42 Å². The van der Waals surface area contributed by atoms with Gasteiger partial charge in [0.1, 0.15) is 0 Å². The highest BCUT2D eigenvalue weighted by Gasteiger charge is 2.17. The molecule has 0 aromatic heterocycles. The molecule has 0 aliphatic rings. The lowest BCUT2D eigenvalue weighted by atomic mass is 10.00. The minimum atomic E-state index is -1.45. The van der Waals surface area contributed by atoms with Crippen LogP contribution in [-0.2, 0) is 0 Å². The van der Waals surface area contributed by atoms with E-state index in [4.69, 9.17) is 5.73 Å². The third-order valence-electron chi connectivity index (χ3n) is 2.89. The molecule has 4 heteroatoms. The summed E-state index contributed by atoms with van der Waals surface area (Å²) in [5.74, 6) is -3.81. The molecule has 1 aromatic rings. The largest absolute Gasteiger partial charge is 0.324 e. The SMILES string of the molecule is C=CCCCCCC(N)c1ccc(F)c(F)c1F.